The molecule has 0 amide bonds. The summed E-state index contributed by atoms with van der Waals surface area (Å²) in [5, 5.41) is 3.32. The minimum Gasteiger partial charge on any atom is -0.456 e. The summed E-state index contributed by atoms with van der Waals surface area (Å²) in [6.07, 6.45) is 3.23. The average molecular weight is 668 g/mol. The van der Waals surface area contributed by atoms with Crippen LogP contribution >= 0.6 is 0 Å². The number of nitrogens with zero attached hydrogens (tertiary/aromatic N) is 3. The number of benzene rings is 7. The number of para-hydroxylation sites is 2. The molecule has 9 aromatic rings. The van der Waals surface area contributed by atoms with Crippen LogP contribution in [0.3, 0.4) is 0 Å². The summed E-state index contributed by atoms with van der Waals surface area (Å²) in [7, 11) is 0. The molecule has 11 rings (SSSR count). The van der Waals surface area contributed by atoms with Gasteiger partial charge in [0, 0.05) is 16.3 Å². The molecule has 2 aromatic heterocycles. The van der Waals surface area contributed by atoms with Gasteiger partial charge in [-0.05, 0) is 107 Å². The van der Waals surface area contributed by atoms with E-state index in [9.17, 15) is 0 Å². The number of aromatic nitrogens is 3. The van der Waals surface area contributed by atoms with Crippen LogP contribution in [0.1, 0.15) is 29.0 Å². The lowest BCUT2D eigenvalue weighted by molar-refractivity contribution is 0.486. The van der Waals surface area contributed by atoms with Crippen molar-refractivity contribution in [3.63, 3.8) is 0 Å². The van der Waals surface area contributed by atoms with Crippen molar-refractivity contribution in [2.45, 2.75) is 25.2 Å². The van der Waals surface area contributed by atoms with E-state index in [2.05, 4.69) is 132 Å². The Hall–Kier alpha value is -6.52. The van der Waals surface area contributed by atoms with E-state index in [0.29, 0.717) is 11.9 Å². The van der Waals surface area contributed by atoms with E-state index in [0.717, 1.165) is 64.0 Å². The molecule has 0 bridgehead atoms. The largest absolute Gasteiger partial charge is 0.456 e. The predicted octanol–water partition coefficient (Wildman–Crippen LogP) is 12.1. The zero-order valence-electron chi connectivity index (χ0n) is 28.5. The smallest absolute Gasteiger partial charge is 0.235 e. The van der Waals surface area contributed by atoms with Crippen molar-refractivity contribution in [3.8, 4) is 51.0 Å². The van der Waals surface area contributed by atoms with E-state index in [4.69, 9.17) is 14.7 Å². The van der Waals surface area contributed by atoms with Gasteiger partial charge >= 0.3 is 0 Å². The van der Waals surface area contributed by atoms with Crippen LogP contribution in [0.15, 0.2) is 158 Å². The summed E-state index contributed by atoms with van der Waals surface area (Å²) >= 11 is 0. The highest BCUT2D eigenvalue weighted by atomic mass is 16.5. The molecule has 246 valence electrons. The fourth-order valence-corrected chi connectivity index (χ4v) is 8.69. The molecule has 1 unspecified atom stereocenters. The van der Waals surface area contributed by atoms with Crippen molar-refractivity contribution in [2.24, 2.45) is 0 Å². The molecule has 0 N–H and O–H groups in total. The fourth-order valence-electron chi connectivity index (χ4n) is 8.69. The number of ether oxygens (including phenoxy) is 1. The topological polar surface area (TPSA) is 39.9 Å². The number of fused-ring (bicyclic) bond motifs is 8. The highest BCUT2D eigenvalue weighted by Gasteiger charge is 2.26. The zero-order valence-corrected chi connectivity index (χ0v) is 28.5. The lowest BCUT2D eigenvalue weighted by Gasteiger charge is -2.20. The van der Waals surface area contributed by atoms with Crippen LogP contribution in [0.2, 0.25) is 0 Å². The lowest BCUT2D eigenvalue weighted by atomic mass is 9.86. The second-order valence-electron chi connectivity index (χ2n) is 14.1. The zero-order chi connectivity index (χ0) is 34.2. The molecule has 1 atom stereocenters. The molecule has 0 radical (unpaired) electrons. The fraction of sp³-hybridized carbons (Fsp3) is 0.0833. The van der Waals surface area contributed by atoms with Gasteiger partial charge < -0.3 is 4.74 Å². The standard InChI is InChI=1S/C48H33N3O/c1-2-11-30(12-3-1)27-33-21-22-34-28-31(23-25-36(34)37-14-5-4-13-35(33)37)32-24-26-43-40(29-32)38-15-6-8-18-42(38)51(43)48-49-41-17-10-20-45-46(41)47(50-48)39-16-7-9-19-44(39)52-45/h1-20,23-26,28-29,33H,21-22,27H2. The predicted molar refractivity (Wildman–Crippen MR) is 211 cm³/mol. The van der Waals surface area contributed by atoms with Crippen molar-refractivity contribution in [1.82, 2.24) is 14.5 Å². The minimum absolute atomic E-state index is 0.483. The van der Waals surface area contributed by atoms with E-state index in [1.165, 1.54) is 49.7 Å². The molecule has 4 nitrogen and oxygen atoms in total. The first-order valence-electron chi connectivity index (χ1n) is 18.1. The van der Waals surface area contributed by atoms with Crippen molar-refractivity contribution in [2.75, 3.05) is 0 Å². The molecule has 0 saturated heterocycles. The molecular weight excluding hydrogens is 635 g/mol. The number of hydrogen-bond donors (Lipinski definition) is 0. The maximum atomic E-state index is 6.28. The first kappa shape index (κ1) is 29.2. The second kappa shape index (κ2) is 11.5. The number of aryl methyl sites for hydroxylation is 1. The van der Waals surface area contributed by atoms with Gasteiger partial charge in [0.1, 0.15) is 11.5 Å². The van der Waals surface area contributed by atoms with E-state index in [1.807, 2.05) is 30.3 Å². The third-order valence-electron chi connectivity index (χ3n) is 11.1. The molecule has 1 aliphatic heterocycles. The normalized spacial score (nSPS) is 14.4. The Bertz CT molecular complexity index is 2870. The summed E-state index contributed by atoms with van der Waals surface area (Å²) in [5.41, 5.74) is 14.4. The lowest BCUT2D eigenvalue weighted by Crippen LogP contribution is -2.06. The number of hydrogen-bond acceptors (Lipinski definition) is 3. The van der Waals surface area contributed by atoms with E-state index in [1.54, 1.807) is 0 Å². The average Bonchev–Trinajstić information content (AvgIpc) is 3.45. The molecule has 2 aliphatic rings. The van der Waals surface area contributed by atoms with Gasteiger partial charge in [0.05, 0.1) is 27.6 Å². The Labute approximate surface area is 301 Å². The summed E-state index contributed by atoms with van der Waals surface area (Å²) < 4.78 is 8.50. The number of rotatable bonds is 4. The van der Waals surface area contributed by atoms with Gasteiger partial charge in [-0.2, -0.15) is 0 Å². The maximum absolute atomic E-state index is 6.28. The van der Waals surface area contributed by atoms with E-state index < -0.39 is 0 Å². The Morgan fingerprint density at radius 1 is 0.577 bits per heavy atom. The maximum Gasteiger partial charge on any atom is 0.235 e. The van der Waals surface area contributed by atoms with Crippen molar-refractivity contribution >= 4 is 32.7 Å². The van der Waals surface area contributed by atoms with Gasteiger partial charge in [-0.1, -0.05) is 115 Å². The Balaban J connectivity index is 1.03. The molecule has 0 saturated carbocycles. The van der Waals surface area contributed by atoms with Crippen molar-refractivity contribution in [1.29, 1.82) is 0 Å². The quantitative estimate of drug-likeness (QED) is 0.188. The Kier molecular flexibility index (Phi) is 6.47. The SMILES string of the molecule is c1ccc(CC2CCc3cc(-c4ccc5c(c4)c4ccccc4n5-c4nc5c6c(cccc6n4)Oc4ccccc4-5)ccc3-c3ccccc32)cc1. The molecule has 3 heterocycles. The molecule has 0 spiro atoms. The summed E-state index contributed by atoms with van der Waals surface area (Å²) in [6.45, 7) is 0. The van der Waals surface area contributed by atoms with Gasteiger partial charge in [0.25, 0.3) is 0 Å². The third-order valence-corrected chi connectivity index (χ3v) is 11.1. The van der Waals surface area contributed by atoms with E-state index in [-0.39, 0.29) is 0 Å². The Morgan fingerprint density at radius 2 is 1.33 bits per heavy atom. The molecule has 7 aromatic carbocycles. The molecule has 1 aliphatic carbocycles. The van der Waals surface area contributed by atoms with Gasteiger partial charge in [-0.15, -0.1) is 0 Å². The minimum atomic E-state index is 0.483. The van der Waals surface area contributed by atoms with Gasteiger partial charge in [0.15, 0.2) is 0 Å². The van der Waals surface area contributed by atoms with Crippen LogP contribution in [0.5, 0.6) is 11.5 Å². The third kappa shape index (κ3) is 4.54. The summed E-state index contributed by atoms with van der Waals surface area (Å²) in [5.74, 6) is 2.75. The Morgan fingerprint density at radius 3 is 2.27 bits per heavy atom. The molecule has 52 heavy (non-hydrogen) atoms. The first-order chi connectivity index (χ1) is 25.8. The van der Waals surface area contributed by atoms with Crippen LogP contribution in [0.4, 0.5) is 0 Å². The van der Waals surface area contributed by atoms with Gasteiger partial charge in [0.2, 0.25) is 5.95 Å². The molecule has 0 fully saturated rings. The monoisotopic (exact) mass is 667 g/mol. The molecular formula is C48H33N3O. The second-order valence-corrected chi connectivity index (χ2v) is 14.1. The van der Waals surface area contributed by atoms with Crippen LogP contribution < -0.4 is 4.74 Å². The van der Waals surface area contributed by atoms with Crippen LogP contribution in [0.25, 0.3) is 72.2 Å². The first-order valence-corrected chi connectivity index (χ1v) is 18.1. The van der Waals surface area contributed by atoms with Crippen LogP contribution in [0, 0.1) is 0 Å². The van der Waals surface area contributed by atoms with Crippen LogP contribution in [-0.2, 0) is 12.8 Å². The van der Waals surface area contributed by atoms with Crippen LogP contribution in [-0.4, -0.2) is 14.5 Å². The van der Waals surface area contributed by atoms with E-state index >= 15 is 0 Å². The van der Waals surface area contributed by atoms with Gasteiger partial charge in [-0.3, -0.25) is 4.57 Å². The van der Waals surface area contributed by atoms with Crippen molar-refractivity contribution in [3.05, 3.63) is 174 Å². The van der Waals surface area contributed by atoms with Crippen molar-refractivity contribution < 1.29 is 4.74 Å². The highest BCUT2D eigenvalue weighted by molar-refractivity contribution is 6.10. The summed E-state index contributed by atoms with van der Waals surface area (Å²) in [6, 6.07) is 56.7. The summed E-state index contributed by atoms with van der Waals surface area (Å²) in [4.78, 5) is 10.4. The van der Waals surface area contributed by atoms with Gasteiger partial charge in [-0.25, -0.2) is 9.97 Å². The molecule has 4 heteroatoms. The highest BCUT2D eigenvalue weighted by Crippen LogP contribution is 2.46.